The third kappa shape index (κ3) is 27.5. The molecular formula is C69H95FN18O16S2. The lowest BCUT2D eigenvalue weighted by atomic mass is 10.00. The number of halogens is 1. The lowest BCUT2D eigenvalue weighted by Gasteiger charge is -2.30. The lowest BCUT2D eigenvalue weighted by Crippen LogP contribution is -2.61. The van der Waals surface area contributed by atoms with Gasteiger partial charge in [0.05, 0.1) is 6.54 Å². The maximum atomic E-state index is 15.6. The average molecular weight is 1520 g/mol. The minimum absolute atomic E-state index is 0.000798. The Morgan fingerprint density at radius 2 is 1.26 bits per heavy atom. The van der Waals surface area contributed by atoms with Gasteiger partial charge in [-0.05, 0) is 85.4 Å². The summed E-state index contributed by atoms with van der Waals surface area (Å²) in [5.74, 6) is -16.5. The lowest BCUT2D eigenvalue weighted by molar-refractivity contribution is -0.139. The van der Waals surface area contributed by atoms with E-state index in [0.717, 1.165) is 40.5 Å². The van der Waals surface area contributed by atoms with Crippen LogP contribution in [0.3, 0.4) is 0 Å². The fourth-order valence-electron chi connectivity index (χ4n) is 11.8. The number of aliphatic imine (C=N–C) groups is 1. The minimum Gasteiger partial charge on any atom is -0.508 e. The molecule has 37 heteroatoms. The largest absolute Gasteiger partial charge is 0.508 e. The molecule has 2 fully saturated rings. The van der Waals surface area contributed by atoms with Crippen molar-refractivity contribution >= 4 is 121 Å². The van der Waals surface area contributed by atoms with E-state index in [1.54, 1.807) is 30.5 Å². The number of nitrogens with two attached hydrogens (primary N) is 5. The van der Waals surface area contributed by atoms with Gasteiger partial charge in [0.25, 0.3) is 0 Å². The molecule has 9 atom stereocenters. The molecule has 23 N–H and O–H groups in total. The van der Waals surface area contributed by atoms with Crippen molar-refractivity contribution in [3.05, 3.63) is 102 Å². The predicted octanol–water partition coefficient (Wildman–Crippen LogP) is -2.25. The smallest absolute Gasteiger partial charge is 0.303 e. The number of H-pyrrole nitrogens is 1. The van der Waals surface area contributed by atoms with Crippen molar-refractivity contribution < 1.29 is 81.7 Å². The molecule has 4 aromatic rings. The normalized spacial score (nSPS) is 21.4. The molecule has 1 saturated heterocycles. The number of aromatic nitrogens is 1. The van der Waals surface area contributed by atoms with Crippen LogP contribution in [0.2, 0.25) is 0 Å². The summed E-state index contributed by atoms with van der Waals surface area (Å²) in [5.41, 5.74) is 29.7. The molecule has 3 aromatic carbocycles. The zero-order valence-electron chi connectivity index (χ0n) is 58.8. The number of guanidine groups is 1. The highest BCUT2D eigenvalue weighted by atomic mass is 33.1. The Bertz CT molecular complexity index is 3800. The van der Waals surface area contributed by atoms with Crippen LogP contribution in [0, 0.1) is 11.7 Å². The summed E-state index contributed by atoms with van der Waals surface area (Å²) in [6, 6.07) is 2.98. The van der Waals surface area contributed by atoms with Crippen molar-refractivity contribution in [2.75, 3.05) is 37.7 Å². The summed E-state index contributed by atoms with van der Waals surface area (Å²) in [4.78, 5) is 205. The number of carboxylic acids is 1. The van der Waals surface area contributed by atoms with E-state index in [-0.39, 0.29) is 74.4 Å². The molecule has 0 unspecified atom stereocenters. The number of aromatic amines is 1. The van der Waals surface area contributed by atoms with Gasteiger partial charge in [-0.25, -0.2) is 4.39 Å². The first kappa shape index (κ1) is 84.4. The number of phenolic OH excluding ortho intramolecular Hbond substituents is 1. The Morgan fingerprint density at radius 3 is 1.91 bits per heavy atom. The second kappa shape index (κ2) is 42.4. The van der Waals surface area contributed by atoms with Crippen LogP contribution in [0.25, 0.3) is 10.9 Å². The predicted molar refractivity (Wildman–Crippen MR) is 391 cm³/mol. The molecule has 1 aromatic heterocycles. The number of phenols is 1. The number of benzene rings is 3. The summed E-state index contributed by atoms with van der Waals surface area (Å²) < 4.78 is 15.6. The SMILES string of the molecule is CC(C)[C@@H]1NC(=O)[C@@H](NC(=O)[C@H](Cc2ccc(O)cc2)NC(=O)CN(C(=O)CCN)C2CCCC2)CSSC[C@H](C(N)=O)NC(=O)[C@H](CCC(=O)O)NC(=O)[C@H](Cc2c[nH]c3ccccc23)NC(=O)[C@H](CCC(N)=O)NC(=O)CCNC(=O)[C@H](CCCN=C(N)N)NC(=O)[C@H](Cc2ccccc2F)NC1=O. The number of nitrogens with one attached hydrogen (secondary N) is 11. The van der Waals surface area contributed by atoms with Gasteiger partial charge in [0.15, 0.2) is 5.96 Å². The van der Waals surface area contributed by atoms with Crippen LogP contribution in [0.4, 0.5) is 4.39 Å². The minimum atomic E-state index is -1.76. The first-order chi connectivity index (χ1) is 50.5. The number of rotatable bonds is 26. The van der Waals surface area contributed by atoms with Gasteiger partial charge in [-0.1, -0.05) is 96.8 Å². The molecule has 1 saturated carbocycles. The second-order valence-corrected chi connectivity index (χ2v) is 28.5. The van der Waals surface area contributed by atoms with Crippen LogP contribution in [0.5, 0.6) is 5.75 Å². The number of nitrogens with zero attached hydrogens (tertiary/aromatic N) is 2. The number of hydrogen-bond acceptors (Lipinski definition) is 19. The number of aliphatic carboxylic acids is 1. The Morgan fingerprint density at radius 1 is 0.670 bits per heavy atom. The maximum Gasteiger partial charge on any atom is 0.303 e. The van der Waals surface area contributed by atoms with Gasteiger partial charge in [-0.2, -0.15) is 0 Å². The number of amides is 13. The quantitative estimate of drug-likeness (QED) is 0.0137. The number of aromatic hydroxyl groups is 1. The molecule has 2 heterocycles. The van der Waals surface area contributed by atoms with Gasteiger partial charge in [-0.3, -0.25) is 72.1 Å². The summed E-state index contributed by atoms with van der Waals surface area (Å²) in [5, 5.41) is 46.4. The van der Waals surface area contributed by atoms with Crippen molar-refractivity contribution in [2.24, 2.45) is 39.6 Å². The summed E-state index contributed by atoms with van der Waals surface area (Å²) in [7, 11) is 1.66. The molecule has 0 radical (unpaired) electrons. The van der Waals surface area contributed by atoms with Crippen molar-refractivity contribution in [1.29, 1.82) is 0 Å². The van der Waals surface area contributed by atoms with Gasteiger partial charge in [0, 0.05) is 99.2 Å². The van der Waals surface area contributed by atoms with Crippen molar-refractivity contribution in [3.8, 4) is 5.75 Å². The maximum absolute atomic E-state index is 15.6. The van der Waals surface area contributed by atoms with Crippen molar-refractivity contribution in [2.45, 2.75) is 171 Å². The molecule has 1 aliphatic carbocycles. The zero-order valence-corrected chi connectivity index (χ0v) is 60.4. The second-order valence-electron chi connectivity index (χ2n) is 26.0. The van der Waals surface area contributed by atoms with E-state index in [0.29, 0.717) is 34.9 Å². The van der Waals surface area contributed by atoms with E-state index < -0.39 is 206 Å². The molecule has 0 bridgehead atoms. The molecule has 106 heavy (non-hydrogen) atoms. The van der Waals surface area contributed by atoms with Crippen molar-refractivity contribution in [3.63, 3.8) is 0 Å². The number of para-hydroxylation sites is 1. The molecule has 6 rings (SSSR count). The van der Waals surface area contributed by atoms with Crippen LogP contribution in [0.15, 0.2) is 84.0 Å². The highest BCUT2D eigenvalue weighted by Crippen LogP contribution is 2.26. The number of fused-ring (bicyclic) bond motifs is 1. The highest BCUT2D eigenvalue weighted by Gasteiger charge is 2.38. The Hall–Kier alpha value is -10.6. The third-order valence-electron chi connectivity index (χ3n) is 17.5. The van der Waals surface area contributed by atoms with Gasteiger partial charge in [-0.15, -0.1) is 0 Å². The molecule has 34 nitrogen and oxygen atoms in total. The van der Waals surface area contributed by atoms with Gasteiger partial charge >= 0.3 is 5.97 Å². The fraction of sp³-hybridized carbons (Fsp3) is 0.493. The number of carbonyl (C=O) groups excluding carboxylic acids is 13. The molecule has 13 amide bonds. The topological polar surface area (TPSA) is 561 Å². The van der Waals surface area contributed by atoms with Crippen LogP contribution < -0.4 is 81.8 Å². The first-order valence-electron chi connectivity index (χ1n) is 34.6. The van der Waals surface area contributed by atoms with Gasteiger partial charge < -0.3 is 102 Å². The summed E-state index contributed by atoms with van der Waals surface area (Å²) >= 11 is 0. The van der Waals surface area contributed by atoms with E-state index in [9.17, 15) is 72.5 Å². The van der Waals surface area contributed by atoms with Crippen LogP contribution in [-0.4, -0.2) is 207 Å². The summed E-state index contributed by atoms with van der Waals surface area (Å²) in [6.45, 7) is 2.08. The number of carboxylic acid groups (broad SMARTS) is 1. The first-order valence-corrected chi connectivity index (χ1v) is 37.1. The summed E-state index contributed by atoms with van der Waals surface area (Å²) in [6.07, 6.45) is 0.320. The van der Waals surface area contributed by atoms with E-state index in [4.69, 9.17) is 28.7 Å². The number of primary amides is 2. The van der Waals surface area contributed by atoms with Crippen LogP contribution in [0.1, 0.15) is 108 Å². The third-order valence-corrected chi connectivity index (χ3v) is 19.9. The van der Waals surface area contributed by atoms with E-state index in [2.05, 4.69) is 63.1 Å². The van der Waals surface area contributed by atoms with E-state index >= 15 is 9.18 Å². The molecule has 0 spiro atoms. The monoisotopic (exact) mass is 1510 g/mol. The van der Waals surface area contributed by atoms with Gasteiger partial charge in [0.1, 0.15) is 65.9 Å². The number of carbonyl (C=O) groups is 14. The Balaban J connectivity index is 1.42. The highest BCUT2D eigenvalue weighted by molar-refractivity contribution is 8.76. The van der Waals surface area contributed by atoms with Crippen LogP contribution >= 0.6 is 21.6 Å². The Kier molecular flexibility index (Phi) is 33.8. The van der Waals surface area contributed by atoms with Crippen molar-refractivity contribution in [1.82, 2.24) is 63.1 Å². The van der Waals surface area contributed by atoms with Gasteiger partial charge in [0.2, 0.25) is 76.8 Å². The molecule has 576 valence electrons. The number of hydrogen-bond donors (Lipinski definition) is 18. The molecule has 1 aliphatic heterocycles. The zero-order chi connectivity index (χ0) is 77.6. The molecule has 2 aliphatic rings. The molecular weight excluding hydrogens is 1420 g/mol. The average Bonchev–Trinajstić information content (AvgIpc) is 1.65. The van der Waals surface area contributed by atoms with E-state index in [1.807, 2.05) is 0 Å². The van der Waals surface area contributed by atoms with E-state index in [1.165, 1.54) is 61.2 Å². The van der Waals surface area contributed by atoms with Crippen LogP contribution in [-0.2, 0) is 86.4 Å². The Labute approximate surface area is 618 Å². The standard InChI is InChI=1S/C69H95FN18O16S2/c1-37(2)59-68(104)84-50(31-39-10-3-7-14-44(39)70)65(101)81-46(16-9-28-77-69(74)75)61(97)76-29-26-55(91)79-47(21-23-54(72)90)62(98)83-51(32-40-33-78-45-15-8-6-13-43(40)45)66(102)82-48(22-24-58(94)95)63(99)85-52(60(73)96)35-105-106-36-53(67(103)87-59)86-64(100)49(30-38-17-19-42(89)20-18-38)80-56(92)34-88(57(93)25-27-71)41-11-4-5-12-41/h3,6-8,10,13-15,17-20,33,37,41,46-53,59,78,89H,4-5,9,11-12,16,21-32,34-36,71H2,1-2H3,(H2,72,90)(H2,73,96)(H,76,97)(H,79,91)(H,80,92)(H,81,101)(H,82,102)(H,83,98)(H,84,104)(H,85,99)(H,86,100)(H,87,103)(H,94,95)(H4,74,75,77)/t46-,47-,48-,49-,50-,51-,52+,53-,59-/m0/s1. The fourth-order valence-corrected chi connectivity index (χ4v) is 14.1.